The highest BCUT2D eigenvalue weighted by Crippen LogP contribution is 2.30. The lowest BCUT2D eigenvalue weighted by Crippen LogP contribution is -1.97. The van der Waals surface area contributed by atoms with E-state index in [2.05, 4.69) is 15.9 Å². The summed E-state index contributed by atoms with van der Waals surface area (Å²) in [6.07, 6.45) is 0. The number of carbonyl (C=O) groups is 1. The highest BCUT2D eigenvalue weighted by molar-refractivity contribution is 9.10. The van der Waals surface area contributed by atoms with E-state index in [0.717, 1.165) is 10.0 Å². The minimum absolute atomic E-state index is 0.0570. The van der Waals surface area contributed by atoms with Gasteiger partial charge in [-0.05, 0) is 42.8 Å². The number of carboxylic acids is 1. The van der Waals surface area contributed by atoms with Crippen molar-refractivity contribution < 1.29 is 14.6 Å². The Morgan fingerprint density at radius 1 is 1.26 bits per heavy atom. The summed E-state index contributed by atoms with van der Waals surface area (Å²) in [7, 11) is 0. The third-order valence-electron chi connectivity index (χ3n) is 2.54. The van der Waals surface area contributed by atoms with Gasteiger partial charge in [-0.15, -0.1) is 0 Å². The van der Waals surface area contributed by atoms with Crippen LogP contribution in [-0.2, 0) is 0 Å². The molecular weight excluding hydrogens is 332 g/mol. The van der Waals surface area contributed by atoms with E-state index >= 15 is 0 Å². The monoisotopic (exact) mass is 340 g/mol. The highest BCUT2D eigenvalue weighted by Gasteiger charge is 2.10. The molecule has 0 aliphatic carbocycles. The van der Waals surface area contributed by atoms with Gasteiger partial charge in [0.05, 0.1) is 10.6 Å². The predicted molar refractivity (Wildman–Crippen MR) is 77.4 cm³/mol. The molecule has 0 atom stereocenters. The SMILES string of the molecule is Cc1cc(Br)ccc1Oc1ccc(C(=O)O)c(Cl)c1. The summed E-state index contributed by atoms with van der Waals surface area (Å²) < 4.78 is 6.65. The lowest BCUT2D eigenvalue weighted by atomic mass is 10.2. The van der Waals surface area contributed by atoms with Gasteiger partial charge in [0.15, 0.2) is 0 Å². The van der Waals surface area contributed by atoms with Crippen LogP contribution in [0.5, 0.6) is 11.5 Å². The van der Waals surface area contributed by atoms with Crippen molar-refractivity contribution in [2.45, 2.75) is 6.92 Å². The van der Waals surface area contributed by atoms with Gasteiger partial charge in [-0.3, -0.25) is 0 Å². The van der Waals surface area contributed by atoms with Crippen molar-refractivity contribution in [3.05, 3.63) is 57.0 Å². The number of carboxylic acid groups (broad SMARTS) is 1. The molecule has 0 aliphatic heterocycles. The summed E-state index contributed by atoms with van der Waals surface area (Å²) in [6.45, 7) is 1.92. The Labute approximate surface area is 123 Å². The molecule has 1 N–H and O–H groups in total. The van der Waals surface area contributed by atoms with Crippen LogP contribution < -0.4 is 4.74 Å². The molecule has 5 heteroatoms. The van der Waals surface area contributed by atoms with E-state index in [4.69, 9.17) is 21.4 Å². The van der Waals surface area contributed by atoms with Gasteiger partial charge in [0.2, 0.25) is 0 Å². The molecule has 2 aromatic rings. The normalized spacial score (nSPS) is 10.3. The summed E-state index contributed by atoms with van der Waals surface area (Å²) in [6, 6.07) is 10.1. The first kappa shape index (κ1) is 13.9. The maximum absolute atomic E-state index is 10.9. The van der Waals surface area contributed by atoms with E-state index in [1.807, 2.05) is 25.1 Å². The van der Waals surface area contributed by atoms with Crippen molar-refractivity contribution in [1.29, 1.82) is 0 Å². The molecule has 19 heavy (non-hydrogen) atoms. The molecule has 0 amide bonds. The Morgan fingerprint density at radius 3 is 2.58 bits per heavy atom. The summed E-state index contributed by atoms with van der Waals surface area (Å²) in [5, 5.41) is 9.04. The van der Waals surface area contributed by atoms with Crippen LogP contribution in [0.4, 0.5) is 0 Å². The molecule has 0 radical (unpaired) electrons. The van der Waals surface area contributed by atoms with E-state index in [9.17, 15) is 4.79 Å². The number of hydrogen-bond donors (Lipinski definition) is 1. The number of ether oxygens (including phenoxy) is 1. The molecule has 0 aliphatic rings. The van der Waals surface area contributed by atoms with E-state index in [1.165, 1.54) is 12.1 Å². The third kappa shape index (κ3) is 3.28. The lowest BCUT2D eigenvalue weighted by molar-refractivity contribution is 0.0697. The first-order valence-corrected chi connectivity index (χ1v) is 6.61. The van der Waals surface area contributed by atoms with Crippen molar-refractivity contribution >= 4 is 33.5 Å². The fourth-order valence-corrected chi connectivity index (χ4v) is 2.31. The van der Waals surface area contributed by atoms with Crippen molar-refractivity contribution in [3.63, 3.8) is 0 Å². The molecule has 2 aromatic carbocycles. The van der Waals surface area contributed by atoms with Crippen LogP contribution in [0.1, 0.15) is 15.9 Å². The van der Waals surface area contributed by atoms with Crippen LogP contribution in [0.3, 0.4) is 0 Å². The van der Waals surface area contributed by atoms with Gasteiger partial charge >= 0.3 is 5.97 Å². The second kappa shape index (κ2) is 5.63. The van der Waals surface area contributed by atoms with Crippen LogP contribution in [0.2, 0.25) is 5.02 Å². The Balaban J connectivity index is 2.29. The fourth-order valence-electron chi connectivity index (χ4n) is 1.59. The van der Waals surface area contributed by atoms with E-state index in [1.54, 1.807) is 6.07 Å². The van der Waals surface area contributed by atoms with E-state index < -0.39 is 5.97 Å². The Bertz CT molecular complexity index is 641. The summed E-state index contributed by atoms with van der Waals surface area (Å²) >= 11 is 9.26. The summed E-state index contributed by atoms with van der Waals surface area (Å²) in [4.78, 5) is 10.9. The van der Waals surface area contributed by atoms with Crippen LogP contribution in [0.15, 0.2) is 40.9 Å². The maximum atomic E-state index is 10.9. The second-order valence-corrected chi connectivity index (χ2v) is 5.28. The third-order valence-corrected chi connectivity index (χ3v) is 3.34. The number of halogens is 2. The zero-order valence-electron chi connectivity index (χ0n) is 9.98. The number of aromatic carboxylic acids is 1. The molecule has 0 aromatic heterocycles. The first-order valence-electron chi connectivity index (χ1n) is 5.44. The van der Waals surface area contributed by atoms with Gasteiger partial charge in [-0.1, -0.05) is 27.5 Å². The molecule has 2 rings (SSSR count). The predicted octanol–water partition coefficient (Wildman–Crippen LogP) is 4.90. The number of hydrogen-bond acceptors (Lipinski definition) is 2. The Kier molecular flexibility index (Phi) is 4.12. The minimum Gasteiger partial charge on any atom is -0.478 e. The molecule has 3 nitrogen and oxygen atoms in total. The first-order chi connectivity index (χ1) is 8.97. The van der Waals surface area contributed by atoms with Gasteiger partial charge in [-0.2, -0.15) is 0 Å². The van der Waals surface area contributed by atoms with E-state index in [-0.39, 0.29) is 10.6 Å². The number of rotatable bonds is 3. The van der Waals surface area contributed by atoms with Gasteiger partial charge in [-0.25, -0.2) is 4.79 Å². The van der Waals surface area contributed by atoms with Crippen LogP contribution in [0.25, 0.3) is 0 Å². The second-order valence-electron chi connectivity index (χ2n) is 3.96. The Hall–Kier alpha value is -1.52. The quantitative estimate of drug-likeness (QED) is 0.863. The standard InChI is InChI=1S/C14H10BrClO3/c1-8-6-9(15)2-5-13(8)19-10-3-4-11(14(17)18)12(16)7-10/h2-7H,1H3,(H,17,18). The average molecular weight is 342 g/mol. The summed E-state index contributed by atoms with van der Waals surface area (Å²) in [5.74, 6) is 0.138. The molecule has 0 heterocycles. The maximum Gasteiger partial charge on any atom is 0.337 e. The molecule has 0 bridgehead atoms. The topological polar surface area (TPSA) is 46.5 Å². The molecule has 98 valence electrons. The molecule has 0 fully saturated rings. The Morgan fingerprint density at radius 2 is 2.00 bits per heavy atom. The van der Waals surface area contributed by atoms with Gasteiger partial charge in [0, 0.05) is 10.5 Å². The lowest BCUT2D eigenvalue weighted by Gasteiger charge is -2.10. The van der Waals surface area contributed by atoms with Gasteiger partial charge in [0.1, 0.15) is 11.5 Å². The minimum atomic E-state index is -1.06. The molecule has 0 spiro atoms. The average Bonchev–Trinajstić information content (AvgIpc) is 2.32. The number of aryl methyl sites for hydroxylation is 1. The van der Waals surface area contributed by atoms with Gasteiger partial charge < -0.3 is 9.84 Å². The van der Waals surface area contributed by atoms with Crippen molar-refractivity contribution in [2.24, 2.45) is 0 Å². The van der Waals surface area contributed by atoms with Crippen LogP contribution >= 0.6 is 27.5 Å². The molecule has 0 unspecified atom stereocenters. The summed E-state index contributed by atoms with van der Waals surface area (Å²) in [5.41, 5.74) is 1.02. The molecular formula is C14H10BrClO3. The smallest absolute Gasteiger partial charge is 0.337 e. The van der Waals surface area contributed by atoms with Crippen LogP contribution in [-0.4, -0.2) is 11.1 Å². The largest absolute Gasteiger partial charge is 0.478 e. The van der Waals surface area contributed by atoms with Crippen molar-refractivity contribution in [3.8, 4) is 11.5 Å². The van der Waals surface area contributed by atoms with Crippen molar-refractivity contribution in [2.75, 3.05) is 0 Å². The zero-order valence-corrected chi connectivity index (χ0v) is 12.3. The zero-order chi connectivity index (χ0) is 14.0. The fraction of sp³-hybridized carbons (Fsp3) is 0.0714. The number of benzene rings is 2. The van der Waals surface area contributed by atoms with Gasteiger partial charge in [0.25, 0.3) is 0 Å². The molecule has 0 saturated heterocycles. The van der Waals surface area contributed by atoms with E-state index in [0.29, 0.717) is 11.5 Å². The van der Waals surface area contributed by atoms with Crippen LogP contribution in [0, 0.1) is 6.92 Å². The van der Waals surface area contributed by atoms with Crippen molar-refractivity contribution in [1.82, 2.24) is 0 Å². The highest BCUT2D eigenvalue weighted by atomic mass is 79.9. The molecule has 0 saturated carbocycles.